The van der Waals surface area contributed by atoms with Crippen LogP contribution in [0.4, 0.5) is 0 Å². The predicted octanol–water partition coefficient (Wildman–Crippen LogP) is 0.289. The fourth-order valence-corrected chi connectivity index (χ4v) is 2.65. The lowest BCUT2D eigenvalue weighted by Gasteiger charge is -2.16. The van der Waals surface area contributed by atoms with Crippen molar-refractivity contribution in [2.45, 2.75) is 30.7 Å². The Labute approximate surface area is 112 Å². The van der Waals surface area contributed by atoms with Gasteiger partial charge >= 0.3 is 0 Å². The van der Waals surface area contributed by atoms with Gasteiger partial charge in [0.15, 0.2) is 0 Å². The van der Waals surface area contributed by atoms with Crippen LogP contribution >= 0.6 is 0 Å². The number of nitrogens with one attached hydrogen (secondary N) is 1. The summed E-state index contributed by atoms with van der Waals surface area (Å²) < 4.78 is 25.4. The van der Waals surface area contributed by atoms with E-state index in [0.29, 0.717) is 0 Å². The van der Waals surface area contributed by atoms with Crippen molar-refractivity contribution in [3.8, 4) is 0 Å². The second-order valence-electron chi connectivity index (χ2n) is 4.74. The largest absolute Gasteiger partial charge is 0.352 e. The van der Waals surface area contributed by atoms with Gasteiger partial charge in [-0.2, -0.15) is 4.31 Å². The monoisotopic (exact) mass is 283 g/mol. The molecule has 0 atom stereocenters. The molecule has 1 fully saturated rings. The fourth-order valence-electron chi connectivity index (χ4n) is 1.57. The minimum atomic E-state index is -3.66. The summed E-state index contributed by atoms with van der Waals surface area (Å²) in [7, 11) is -2.27. The van der Waals surface area contributed by atoms with Gasteiger partial charge in [0.05, 0.1) is 6.54 Å². The van der Waals surface area contributed by atoms with E-state index in [0.717, 1.165) is 22.8 Å². The molecule has 2 rings (SSSR count). The zero-order chi connectivity index (χ0) is 14.0. The number of aromatic nitrogens is 1. The SMILES string of the molecule is Cc1ccc(S(=O)(=O)N(C)CC(=O)NC2CC2)cn1. The molecule has 0 unspecified atom stereocenters. The molecule has 1 amide bonds. The molecule has 1 aromatic heterocycles. The Morgan fingerprint density at radius 1 is 1.47 bits per heavy atom. The Bertz CT molecular complexity index is 564. The number of likely N-dealkylation sites (N-methyl/N-ethyl adjacent to an activating group) is 1. The molecule has 1 aliphatic rings. The number of sulfonamides is 1. The lowest BCUT2D eigenvalue weighted by Crippen LogP contribution is -2.39. The first kappa shape index (κ1) is 14.0. The van der Waals surface area contributed by atoms with E-state index in [9.17, 15) is 13.2 Å². The van der Waals surface area contributed by atoms with Gasteiger partial charge in [-0.25, -0.2) is 8.42 Å². The summed E-state index contributed by atoms with van der Waals surface area (Å²) in [6, 6.07) is 3.35. The quantitative estimate of drug-likeness (QED) is 0.842. The summed E-state index contributed by atoms with van der Waals surface area (Å²) in [5, 5.41) is 2.76. The molecule has 1 N–H and O–H groups in total. The standard InChI is InChI=1S/C12H17N3O3S/c1-9-3-6-11(7-13-9)19(17,18)15(2)8-12(16)14-10-4-5-10/h3,6-7,10H,4-5,8H2,1-2H3,(H,14,16). The average Bonchev–Trinajstić information content (AvgIpc) is 3.13. The highest BCUT2D eigenvalue weighted by Crippen LogP contribution is 2.18. The first-order valence-corrected chi connectivity index (χ1v) is 7.52. The van der Waals surface area contributed by atoms with Crippen molar-refractivity contribution < 1.29 is 13.2 Å². The van der Waals surface area contributed by atoms with Crippen LogP contribution in [0.15, 0.2) is 23.2 Å². The van der Waals surface area contributed by atoms with Gasteiger partial charge in [0.2, 0.25) is 15.9 Å². The Morgan fingerprint density at radius 2 is 2.16 bits per heavy atom. The van der Waals surface area contributed by atoms with Gasteiger partial charge in [-0.3, -0.25) is 9.78 Å². The highest BCUT2D eigenvalue weighted by molar-refractivity contribution is 7.89. The van der Waals surface area contributed by atoms with Crippen LogP contribution in [0.2, 0.25) is 0 Å². The predicted molar refractivity (Wildman–Crippen MR) is 70.0 cm³/mol. The fraction of sp³-hybridized carbons (Fsp3) is 0.500. The number of rotatable bonds is 5. The normalized spacial score (nSPS) is 15.5. The summed E-state index contributed by atoms with van der Waals surface area (Å²) in [5.41, 5.74) is 0.744. The second kappa shape index (κ2) is 5.26. The van der Waals surface area contributed by atoms with Crippen molar-refractivity contribution in [3.63, 3.8) is 0 Å². The van der Waals surface area contributed by atoms with Crippen LogP contribution in [0.3, 0.4) is 0 Å². The number of amides is 1. The lowest BCUT2D eigenvalue weighted by atomic mass is 10.4. The Hall–Kier alpha value is -1.47. The first-order chi connectivity index (χ1) is 8.89. The van der Waals surface area contributed by atoms with Gasteiger partial charge in [0, 0.05) is 25.0 Å². The molecule has 0 spiro atoms. The topological polar surface area (TPSA) is 79.4 Å². The molecule has 0 saturated heterocycles. The number of carbonyl (C=O) groups excluding carboxylic acids is 1. The maximum absolute atomic E-state index is 12.2. The van der Waals surface area contributed by atoms with Crippen molar-refractivity contribution in [2.75, 3.05) is 13.6 Å². The van der Waals surface area contributed by atoms with Crippen LogP contribution in [-0.4, -0.2) is 43.2 Å². The molecule has 1 saturated carbocycles. The van der Waals surface area contributed by atoms with Crippen molar-refractivity contribution in [2.24, 2.45) is 0 Å². The maximum atomic E-state index is 12.2. The molecule has 1 aromatic rings. The van der Waals surface area contributed by atoms with Crippen molar-refractivity contribution in [3.05, 3.63) is 24.0 Å². The van der Waals surface area contributed by atoms with E-state index in [4.69, 9.17) is 0 Å². The Morgan fingerprint density at radius 3 is 2.68 bits per heavy atom. The zero-order valence-electron chi connectivity index (χ0n) is 11.0. The van der Waals surface area contributed by atoms with Gasteiger partial charge in [-0.15, -0.1) is 0 Å². The minimum absolute atomic E-state index is 0.0971. The van der Waals surface area contributed by atoms with E-state index in [1.807, 2.05) is 0 Å². The van der Waals surface area contributed by atoms with Crippen LogP contribution in [-0.2, 0) is 14.8 Å². The molecule has 1 aliphatic carbocycles. The molecule has 0 aliphatic heterocycles. The number of pyridine rings is 1. The van der Waals surface area contributed by atoms with E-state index in [1.54, 1.807) is 13.0 Å². The summed E-state index contributed by atoms with van der Waals surface area (Å²) in [6.07, 6.45) is 3.26. The number of hydrogen-bond acceptors (Lipinski definition) is 4. The number of nitrogens with zero attached hydrogens (tertiary/aromatic N) is 2. The van der Waals surface area contributed by atoms with Crippen molar-refractivity contribution in [1.29, 1.82) is 0 Å². The lowest BCUT2D eigenvalue weighted by molar-refractivity contribution is -0.121. The third kappa shape index (κ3) is 3.51. The molecule has 19 heavy (non-hydrogen) atoms. The first-order valence-electron chi connectivity index (χ1n) is 6.08. The molecule has 1 heterocycles. The van der Waals surface area contributed by atoms with E-state index >= 15 is 0 Å². The highest BCUT2D eigenvalue weighted by Gasteiger charge is 2.27. The third-order valence-electron chi connectivity index (χ3n) is 2.90. The number of aryl methyl sites for hydroxylation is 1. The van der Waals surface area contributed by atoms with E-state index < -0.39 is 10.0 Å². The Balaban J connectivity index is 2.05. The molecule has 0 radical (unpaired) electrons. The summed E-state index contributed by atoms with van der Waals surface area (Å²) in [6.45, 7) is 1.61. The van der Waals surface area contributed by atoms with Gasteiger partial charge < -0.3 is 5.32 Å². The van der Waals surface area contributed by atoms with Crippen LogP contribution in [0.25, 0.3) is 0 Å². The average molecular weight is 283 g/mol. The molecular formula is C12H17N3O3S. The Kier molecular flexibility index (Phi) is 3.86. The van der Waals surface area contributed by atoms with Crippen molar-refractivity contribution in [1.82, 2.24) is 14.6 Å². The number of carbonyl (C=O) groups is 1. The maximum Gasteiger partial charge on any atom is 0.244 e. The van der Waals surface area contributed by atoms with Gasteiger partial charge in [0.25, 0.3) is 0 Å². The van der Waals surface area contributed by atoms with Crippen LogP contribution in [0, 0.1) is 6.92 Å². The summed E-state index contributed by atoms with van der Waals surface area (Å²) >= 11 is 0. The third-order valence-corrected chi connectivity index (χ3v) is 4.69. The van der Waals surface area contributed by atoms with Crippen molar-refractivity contribution >= 4 is 15.9 Å². The van der Waals surface area contributed by atoms with Crippen LogP contribution in [0.5, 0.6) is 0 Å². The summed E-state index contributed by atoms with van der Waals surface area (Å²) in [5.74, 6) is -0.270. The molecule has 104 valence electrons. The smallest absolute Gasteiger partial charge is 0.244 e. The van der Waals surface area contributed by atoms with Gasteiger partial charge in [-0.1, -0.05) is 0 Å². The van der Waals surface area contributed by atoms with E-state index in [-0.39, 0.29) is 23.4 Å². The highest BCUT2D eigenvalue weighted by atomic mass is 32.2. The number of hydrogen-bond donors (Lipinski definition) is 1. The zero-order valence-corrected chi connectivity index (χ0v) is 11.8. The van der Waals surface area contributed by atoms with Gasteiger partial charge in [-0.05, 0) is 31.9 Å². The van der Waals surface area contributed by atoms with E-state index in [2.05, 4.69) is 10.3 Å². The minimum Gasteiger partial charge on any atom is -0.352 e. The molecule has 7 heteroatoms. The van der Waals surface area contributed by atoms with Crippen LogP contribution in [0.1, 0.15) is 18.5 Å². The van der Waals surface area contributed by atoms with Gasteiger partial charge in [0.1, 0.15) is 4.90 Å². The molecule has 0 aromatic carbocycles. The second-order valence-corrected chi connectivity index (χ2v) is 6.78. The summed E-state index contributed by atoms with van der Waals surface area (Å²) in [4.78, 5) is 15.7. The molecular weight excluding hydrogens is 266 g/mol. The molecule has 0 bridgehead atoms. The van der Waals surface area contributed by atoms with Crippen LogP contribution < -0.4 is 5.32 Å². The van der Waals surface area contributed by atoms with E-state index in [1.165, 1.54) is 19.3 Å². The molecule has 6 nitrogen and oxygen atoms in total.